The number of aliphatic hydroxyl groups excluding tert-OH is 1. The summed E-state index contributed by atoms with van der Waals surface area (Å²) in [7, 11) is 0. The third-order valence-electron chi connectivity index (χ3n) is 8.14. The number of alkyl halides is 1. The van der Waals surface area contributed by atoms with Gasteiger partial charge in [-0.15, -0.1) is 0 Å². The summed E-state index contributed by atoms with van der Waals surface area (Å²) in [5.74, 6) is -0.275. The first-order chi connectivity index (χ1) is 17.3. The molecule has 11 heteroatoms. The van der Waals surface area contributed by atoms with Gasteiger partial charge in [0.25, 0.3) is 5.91 Å². The summed E-state index contributed by atoms with van der Waals surface area (Å²) in [6, 6.07) is 3.96. The fourth-order valence-electron chi connectivity index (χ4n) is 6.72. The van der Waals surface area contributed by atoms with Crippen molar-refractivity contribution in [1.82, 2.24) is 19.8 Å². The molecule has 2 saturated carbocycles. The minimum atomic E-state index is -0.508. The van der Waals surface area contributed by atoms with Crippen molar-refractivity contribution < 1.29 is 23.4 Å². The lowest BCUT2D eigenvalue weighted by Gasteiger charge is -2.70. The van der Waals surface area contributed by atoms with Gasteiger partial charge in [-0.3, -0.25) is 9.69 Å². The van der Waals surface area contributed by atoms with Crippen molar-refractivity contribution in [2.24, 2.45) is 11.1 Å². The van der Waals surface area contributed by atoms with E-state index in [9.17, 15) is 18.7 Å². The minimum absolute atomic E-state index is 0.0485. The second-order valence-electron chi connectivity index (χ2n) is 10.1. The summed E-state index contributed by atoms with van der Waals surface area (Å²) in [5.41, 5.74) is 7.47. The van der Waals surface area contributed by atoms with Gasteiger partial charge < -0.3 is 20.5 Å². The van der Waals surface area contributed by atoms with Crippen molar-refractivity contribution in [1.29, 1.82) is 0 Å². The number of nitrogens with two attached hydrogens (primary N) is 1. The average Bonchev–Trinajstić information content (AvgIpc) is 3.38. The van der Waals surface area contributed by atoms with Crippen LogP contribution in [0.2, 0.25) is 5.02 Å². The van der Waals surface area contributed by atoms with Crippen molar-refractivity contribution >= 4 is 23.1 Å². The molecule has 190 valence electrons. The van der Waals surface area contributed by atoms with E-state index in [1.165, 1.54) is 30.6 Å². The molecule has 0 bridgehead atoms. The maximum absolute atomic E-state index is 14.2. The Hall–Kier alpha value is -2.82. The number of piperidine rings is 1. The Labute approximate surface area is 211 Å². The molecule has 5 unspecified atom stereocenters. The smallest absolute Gasteiger partial charge is 0.258 e. The highest BCUT2D eigenvalue weighted by molar-refractivity contribution is 6.30. The fourth-order valence-corrected chi connectivity index (χ4v) is 6.81. The van der Waals surface area contributed by atoms with Crippen LogP contribution in [0.4, 0.5) is 8.78 Å². The van der Waals surface area contributed by atoms with Gasteiger partial charge in [0.1, 0.15) is 24.3 Å². The van der Waals surface area contributed by atoms with E-state index in [4.69, 9.17) is 22.1 Å². The van der Waals surface area contributed by atoms with E-state index >= 15 is 0 Å². The first-order valence-corrected chi connectivity index (χ1v) is 12.4. The van der Waals surface area contributed by atoms with Crippen molar-refractivity contribution in [3.05, 3.63) is 58.5 Å². The number of hydrogen-bond donors (Lipinski definition) is 2. The molecule has 0 radical (unpaired) electrons. The number of halogens is 3. The normalized spacial score (nSPS) is 31.1. The van der Waals surface area contributed by atoms with E-state index in [0.717, 1.165) is 0 Å². The standard InChI is InChI=1S/C25H26ClF2N5O3/c26-13-9-30-23(31-10-13)17-11-32(12-18(17)29)24(35)16-2-1-14(28)5-20(16)36-15-6-21-25(7-15)8-19(34)22(25)33(21)4-3-27/h1-2,5,9-10,15,19,21-22,34H,3-4,6-8,11-12,29H2. The molecule has 36 heavy (non-hydrogen) atoms. The number of aliphatic hydroxyl groups is 1. The van der Waals surface area contributed by atoms with Crippen LogP contribution < -0.4 is 10.5 Å². The summed E-state index contributed by atoms with van der Waals surface area (Å²) in [6.07, 6.45) is 4.21. The Morgan fingerprint density at radius 2 is 2.06 bits per heavy atom. The number of amides is 1. The van der Waals surface area contributed by atoms with Gasteiger partial charge in [0.05, 0.1) is 29.8 Å². The minimum Gasteiger partial charge on any atom is -0.489 e. The highest BCUT2D eigenvalue weighted by Gasteiger charge is 2.73. The Kier molecular flexibility index (Phi) is 5.66. The van der Waals surface area contributed by atoms with Gasteiger partial charge in [0.2, 0.25) is 0 Å². The number of likely N-dealkylation sites (tertiary alicyclic amines) is 1. The largest absolute Gasteiger partial charge is 0.489 e. The molecule has 1 aromatic carbocycles. The van der Waals surface area contributed by atoms with E-state index in [2.05, 4.69) is 9.97 Å². The van der Waals surface area contributed by atoms with Crippen LogP contribution in [0.3, 0.4) is 0 Å². The molecule has 2 aromatic rings. The molecule has 1 spiro atoms. The SMILES string of the molecule is NC1=C(c2ncc(Cl)cn2)CN(C(=O)c2ccc(F)cc2OC2CC3N(CCF)C4C(O)CC34C2)C1. The lowest BCUT2D eigenvalue weighted by molar-refractivity contribution is -0.251. The quantitative estimate of drug-likeness (QED) is 0.606. The van der Waals surface area contributed by atoms with Crippen molar-refractivity contribution in [3.8, 4) is 5.75 Å². The highest BCUT2D eigenvalue weighted by atomic mass is 35.5. The zero-order chi connectivity index (χ0) is 25.2. The molecule has 2 aliphatic heterocycles. The molecule has 3 fully saturated rings. The molecule has 6 rings (SSSR count). The monoisotopic (exact) mass is 517 g/mol. The summed E-state index contributed by atoms with van der Waals surface area (Å²) in [6.45, 7) is 0.201. The molecule has 5 atom stereocenters. The zero-order valence-electron chi connectivity index (χ0n) is 19.4. The van der Waals surface area contributed by atoms with Crippen LogP contribution in [0.1, 0.15) is 35.4 Å². The van der Waals surface area contributed by atoms with Crippen molar-refractivity contribution in [3.63, 3.8) is 0 Å². The molecule has 8 nitrogen and oxygen atoms in total. The van der Waals surface area contributed by atoms with Gasteiger partial charge in [-0.05, 0) is 25.0 Å². The number of carbonyl (C=O) groups excluding carboxylic acids is 1. The van der Waals surface area contributed by atoms with Crippen molar-refractivity contribution in [2.75, 3.05) is 26.3 Å². The number of hydrogen-bond acceptors (Lipinski definition) is 7. The number of ether oxygens (including phenoxy) is 1. The molecule has 3 N–H and O–H groups in total. The maximum atomic E-state index is 14.2. The number of carbonyl (C=O) groups is 1. The van der Waals surface area contributed by atoms with Gasteiger partial charge >= 0.3 is 0 Å². The van der Waals surface area contributed by atoms with E-state index in [-0.39, 0.29) is 60.5 Å². The van der Waals surface area contributed by atoms with Gasteiger partial charge in [0.15, 0.2) is 5.82 Å². The van der Waals surface area contributed by atoms with Crippen LogP contribution in [0.15, 0.2) is 36.3 Å². The van der Waals surface area contributed by atoms with E-state index in [0.29, 0.717) is 41.4 Å². The first-order valence-electron chi connectivity index (χ1n) is 12.0. The Morgan fingerprint density at radius 1 is 1.28 bits per heavy atom. The summed E-state index contributed by atoms with van der Waals surface area (Å²) in [4.78, 5) is 25.4. The van der Waals surface area contributed by atoms with Crippen LogP contribution in [0.25, 0.3) is 5.57 Å². The van der Waals surface area contributed by atoms with Crippen LogP contribution in [-0.2, 0) is 0 Å². The molecular formula is C25H26ClF2N5O3. The molecule has 2 aliphatic carbocycles. The molecule has 3 heterocycles. The van der Waals surface area contributed by atoms with Crippen molar-refractivity contribution in [2.45, 2.75) is 43.6 Å². The van der Waals surface area contributed by atoms with Gasteiger partial charge in [-0.25, -0.2) is 18.7 Å². The maximum Gasteiger partial charge on any atom is 0.258 e. The molecule has 1 saturated heterocycles. The van der Waals surface area contributed by atoms with Crippen LogP contribution >= 0.6 is 11.6 Å². The third-order valence-corrected chi connectivity index (χ3v) is 8.34. The summed E-state index contributed by atoms with van der Waals surface area (Å²) >= 11 is 5.87. The topological polar surface area (TPSA) is 105 Å². The lowest BCUT2D eigenvalue weighted by atomic mass is 9.52. The van der Waals surface area contributed by atoms with Crippen LogP contribution in [-0.4, -0.2) is 81.4 Å². The Morgan fingerprint density at radius 3 is 2.78 bits per heavy atom. The second kappa shape index (κ2) is 8.64. The first kappa shape index (κ1) is 23.6. The van der Waals surface area contributed by atoms with E-state index in [1.54, 1.807) is 4.90 Å². The third kappa shape index (κ3) is 3.57. The molecular weight excluding hydrogens is 492 g/mol. The molecule has 4 aliphatic rings. The van der Waals surface area contributed by atoms with Gasteiger partial charge in [0, 0.05) is 60.2 Å². The molecule has 1 aromatic heterocycles. The highest BCUT2D eigenvalue weighted by Crippen LogP contribution is 2.65. The number of benzene rings is 1. The second-order valence-corrected chi connectivity index (χ2v) is 10.5. The zero-order valence-corrected chi connectivity index (χ0v) is 20.2. The predicted molar refractivity (Wildman–Crippen MR) is 127 cm³/mol. The van der Waals surface area contributed by atoms with Crippen LogP contribution in [0, 0.1) is 11.2 Å². The Bertz CT molecular complexity index is 1240. The van der Waals surface area contributed by atoms with E-state index < -0.39 is 18.6 Å². The number of rotatable bonds is 6. The fraction of sp³-hybridized carbons (Fsp3) is 0.480. The summed E-state index contributed by atoms with van der Waals surface area (Å²) in [5, 5.41) is 10.6. The van der Waals surface area contributed by atoms with Gasteiger partial charge in [-0.1, -0.05) is 11.6 Å². The predicted octanol–water partition coefficient (Wildman–Crippen LogP) is 2.41. The Balaban J connectivity index is 1.19. The lowest BCUT2D eigenvalue weighted by Crippen LogP contribution is -2.80. The number of aromatic nitrogens is 2. The van der Waals surface area contributed by atoms with Gasteiger partial charge in [-0.2, -0.15) is 0 Å². The van der Waals surface area contributed by atoms with Crippen LogP contribution in [0.5, 0.6) is 5.75 Å². The van der Waals surface area contributed by atoms with E-state index in [1.807, 2.05) is 4.90 Å². The average molecular weight is 518 g/mol. The number of nitrogens with zero attached hydrogens (tertiary/aromatic N) is 4. The molecule has 1 amide bonds. The summed E-state index contributed by atoms with van der Waals surface area (Å²) < 4.78 is 33.5.